The summed E-state index contributed by atoms with van der Waals surface area (Å²) in [5, 5.41) is 17.7. The number of carbonyl (C=O) groups is 1. The number of aromatic nitrogens is 1. The second-order valence-electron chi connectivity index (χ2n) is 6.95. The molecule has 0 fully saturated rings. The van der Waals surface area contributed by atoms with Gasteiger partial charge in [-0.15, -0.1) is 0 Å². The predicted molar refractivity (Wildman–Crippen MR) is 111 cm³/mol. The molecule has 0 atom stereocenters. The minimum Gasteiger partial charge on any atom is -0.376 e. The molecule has 28 heavy (non-hydrogen) atoms. The summed E-state index contributed by atoms with van der Waals surface area (Å²) in [7, 11) is 0. The summed E-state index contributed by atoms with van der Waals surface area (Å²) in [6.07, 6.45) is 0. The van der Waals surface area contributed by atoms with Crippen molar-refractivity contribution in [2.45, 2.75) is 27.7 Å². The number of rotatable bonds is 5. The third-order valence-electron chi connectivity index (χ3n) is 4.51. The highest BCUT2D eigenvalue weighted by Crippen LogP contribution is 2.27. The van der Waals surface area contributed by atoms with E-state index in [0.717, 1.165) is 28.1 Å². The highest BCUT2D eigenvalue weighted by Gasteiger charge is 2.13. The van der Waals surface area contributed by atoms with Crippen LogP contribution in [0.5, 0.6) is 0 Å². The number of nitrogens with one attached hydrogen (secondary N) is 2. The van der Waals surface area contributed by atoms with Gasteiger partial charge in [0.05, 0.1) is 17.0 Å². The summed E-state index contributed by atoms with van der Waals surface area (Å²) >= 11 is 0. The Kier molecular flexibility index (Phi) is 5.26. The van der Waals surface area contributed by atoms with Gasteiger partial charge in [-0.2, -0.15) is 0 Å². The quantitative estimate of drug-likeness (QED) is 0.506. The molecule has 1 amide bonds. The van der Waals surface area contributed by atoms with Crippen molar-refractivity contribution in [3.63, 3.8) is 0 Å². The van der Waals surface area contributed by atoms with Crippen LogP contribution >= 0.6 is 0 Å². The van der Waals surface area contributed by atoms with Gasteiger partial charge in [0.2, 0.25) is 5.91 Å². The molecule has 7 heteroatoms. The summed E-state index contributed by atoms with van der Waals surface area (Å²) in [4.78, 5) is 27.5. The highest BCUT2D eigenvalue weighted by atomic mass is 16.6. The number of nitro benzene ring substituents is 1. The van der Waals surface area contributed by atoms with Crippen LogP contribution in [0.4, 0.5) is 17.1 Å². The van der Waals surface area contributed by atoms with Crippen molar-refractivity contribution >= 4 is 33.9 Å². The lowest BCUT2D eigenvalue weighted by atomic mass is 10.1. The van der Waals surface area contributed by atoms with Crippen LogP contribution in [0, 0.1) is 37.8 Å². The summed E-state index contributed by atoms with van der Waals surface area (Å²) in [6.45, 7) is 7.81. The van der Waals surface area contributed by atoms with Gasteiger partial charge in [0.25, 0.3) is 5.69 Å². The van der Waals surface area contributed by atoms with Crippen LogP contribution in [-0.4, -0.2) is 22.4 Å². The summed E-state index contributed by atoms with van der Waals surface area (Å²) in [6, 6.07) is 10.3. The van der Waals surface area contributed by atoms with Gasteiger partial charge in [-0.05, 0) is 51.0 Å². The fourth-order valence-electron chi connectivity index (χ4n) is 3.34. The van der Waals surface area contributed by atoms with E-state index in [-0.39, 0.29) is 18.1 Å². The zero-order valence-electron chi connectivity index (χ0n) is 16.3. The van der Waals surface area contributed by atoms with Crippen molar-refractivity contribution < 1.29 is 9.72 Å². The average molecular weight is 378 g/mol. The highest BCUT2D eigenvalue weighted by molar-refractivity contribution is 5.98. The van der Waals surface area contributed by atoms with Crippen molar-refractivity contribution in [2.75, 3.05) is 17.2 Å². The van der Waals surface area contributed by atoms with Gasteiger partial charge in [-0.1, -0.05) is 17.7 Å². The van der Waals surface area contributed by atoms with Crippen molar-refractivity contribution in [1.82, 2.24) is 4.98 Å². The molecule has 3 rings (SSSR count). The Morgan fingerprint density at radius 2 is 1.75 bits per heavy atom. The maximum absolute atomic E-state index is 12.5. The second kappa shape index (κ2) is 7.64. The number of benzene rings is 2. The predicted octanol–water partition coefficient (Wildman–Crippen LogP) is 4.43. The first kappa shape index (κ1) is 19.3. The molecule has 2 N–H and O–H groups in total. The molecule has 1 heterocycles. The molecule has 0 radical (unpaired) electrons. The number of nitrogens with zero attached hydrogens (tertiary/aromatic N) is 2. The topological polar surface area (TPSA) is 97.2 Å². The van der Waals surface area contributed by atoms with Crippen LogP contribution in [0.25, 0.3) is 10.9 Å². The Morgan fingerprint density at radius 3 is 2.39 bits per heavy atom. The molecule has 3 aromatic rings. The summed E-state index contributed by atoms with van der Waals surface area (Å²) < 4.78 is 0. The van der Waals surface area contributed by atoms with E-state index in [1.54, 1.807) is 12.1 Å². The number of amides is 1. The Morgan fingerprint density at radius 1 is 1.07 bits per heavy atom. The molecule has 2 aromatic carbocycles. The Balaban J connectivity index is 1.82. The van der Waals surface area contributed by atoms with E-state index in [4.69, 9.17) is 0 Å². The fourth-order valence-corrected chi connectivity index (χ4v) is 3.34. The lowest BCUT2D eigenvalue weighted by molar-refractivity contribution is -0.384. The minimum atomic E-state index is -0.446. The smallest absolute Gasteiger partial charge is 0.270 e. The van der Waals surface area contributed by atoms with Crippen LogP contribution in [0.1, 0.15) is 22.4 Å². The first-order valence-corrected chi connectivity index (χ1v) is 8.92. The summed E-state index contributed by atoms with van der Waals surface area (Å²) in [5.74, 6) is -0.192. The fraction of sp³-hybridized carbons (Fsp3) is 0.238. The first-order valence-electron chi connectivity index (χ1n) is 8.92. The number of carbonyl (C=O) groups excluding carboxylic acids is 1. The Hall–Kier alpha value is -3.48. The van der Waals surface area contributed by atoms with Gasteiger partial charge >= 0.3 is 0 Å². The number of nitro groups is 1. The Labute approximate surface area is 162 Å². The normalized spacial score (nSPS) is 10.7. The molecule has 144 valence electrons. The number of fused-ring (bicyclic) bond motifs is 1. The number of pyridine rings is 1. The van der Waals surface area contributed by atoms with Crippen LogP contribution in [-0.2, 0) is 4.79 Å². The third kappa shape index (κ3) is 4.09. The molecule has 0 spiro atoms. The molecular formula is C21H22N4O3. The van der Waals surface area contributed by atoms with Crippen molar-refractivity contribution in [3.8, 4) is 0 Å². The van der Waals surface area contributed by atoms with E-state index < -0.39 is 4.92 Å². The van der Waals surface area contributed by atoms with Crippen LogP contribution in [0.2, 0.25) is 0 Å². The van der Waals surface area contributed by atoms with E-state index in [1.165, 1.54) is 12.1 Å². The maximum Gasteiger partial charge on any atom is 0.270 e. The molecule has 0 saturated heterocycles. The molecule has 0 saturated carbocycles. The van der Waals surface area contributed by atoms with Crippen LogP contribution in [0.3, 0.4) is 0 Å². The molecule has 0 aliphatic heterocycles. The van der Waals surface area contributed by atoms with Gasteiger partial charge in [-0.3, -0.25) is 19.9 Å². The minimum absolute atomic E-state index is 0.0171. The van der Waals surface area contributed by atoms with Crippen molar-refractivity contribution in [2.24, 2.45) is 0 Å². The number of aryl methyl sites for hydroxylation is 4. The van der Waals surface area contributed by atoms with E-state index in [0.29, 0.717) is 16.6 Å². The standard InChI is InChI=1S/C21H22N4O3/c1-12-7-13(2)21(14(3)8-12)24-20(26)11-22-19-9-15(4)23-18-6-5-16(25(27)28)10-17(18)19/h5-10H,11H2,1-4H3,(H,22,23)(H,24,26). The van der Waals surface area contributed by atoms with Gasteiger partial charge < -0.3 is 10.6 Å². The third-order valence-corrected chi connectivity index (χ3v) is 4.51. The molecular weight excluding hydrogens is 356 g/mol. The number of hydrogen-bond acceptors (Lipinski definition) is 5. The Bertz CT molecular complexity index is 1070. The lowest BCUT2D eigenvalue weighted by Crippen LogP contribution is -2.23. The molecule has 7 nitrogen and oxygen atoms in total. The first-order chi connectivity index (χ1) is 13.2. The number of hydrogen-bond donors (Lipinski definition) is 2. The zero-order chi connectivity index (χ0) is 20.4. The molecule has 0 aliphatic carbocycles. The van der Waals surface area contributed by atoms with Crippen LogP contribution < -0.4 is 10.6 Å². The molecule has 0 aliphatic rings. The molecule has 1 aromatic heterocycles. The second-order valence-corrected chi connectivity index (χ2v) is 6.95. The lowest BCUT2D eigenvalue weighted by Gasteiger charge is -2.14. The average Bonchev–Trinajstić information content (AvgIpc) is 2.62. The van der Waals surface area contributed by atoms with Gasteiger partial charge in [-0.25, -0.2) is 0 Å². The van der Waals surface area contributed by atoms with Gasteiger partial charge in [0, 0.05) is 34.6 Å². The monoisotopic (exact) mass is 378 g/mol. The largest absolute Gasteiger partial charge is 0.376 e. The van der Waals surface area contributed by atoms with E-state index in [2.05, 4.69) is 15.6 Å². The SMILES string of the molecule is Cc1cc(C)c(NC(=O)CNc2cc(C)nc3ccc([N+](=O)[O-])cc23)c(C)c1. The zero-order valence-corrected chi connectivity index (χ0v) is 16.3. The maximum atomic E-state index is 12.5. The molecule has 0 bridgehead atoms. The van der Waals surface area contributed by atoms with Crippen LogP contribution in [0.15, 0.2) is 36.4 Å². The van der Waals surface area contributed by atoms with Crippen molar-refractivity contribution in [1.29, 1.82) is 0 Å². The van der Waals surface area contributed by atoms with Gasteiger partial charge in [0.1, 0.15) is 0 Å². The molecule has 0 unspecified atom stereocenters. The van der Waals surface area contributed by atoms with E-state index in [9.17, 15) is 14.9 Å². The van der Waals surface area contributed by atoms with E-state index >= 15 is 0 Å². The van der Waals surface area contributed by atoms with Gasteiger partial charge in [0.15, 0.2) is 0 Å². The van der Waals surface area contributed by atoms with E-state index in [1.807, 2.05) is 39.8 Å². The van der Waals surface area contributed by atoms with Crippen molar-refractivity contribution in [3.05, 3.63) is 68.9 Å². The number of non-ortho nitro benzene ring substituents is 1. The number of anilines is 2. The summed E-state index contributed by atoms with van der Waals surface area (Å²) in [5.41, 5.74) is 5.98.